The smallest absolute Gasteiger partial charge is 0.410 e. The highest BCUT2D eigenvalue weighted by Crippen LogP contribution is 2.37. The number of primary amides is 1. The number of benzene rings is 1. The zero-order chi connectivity index (χ0) is 22.4. The Labute approximate surface area is 194 Å². The lowest BCUT2D eigenvalue weighted by molar-refractivity contribution is -0.116. The second-order valence-electron chi connectivity index (χ2n) is 6.90. The lowest BCUT2D eigenvalue weighted by atomic mass is 10.0. The molecule has 7 nitrogen and oxygen atoms in total. The summed E-state index contributed by atoms with van der Waals surface area (Å²) in [6, 6.07) is 7.57. The summed E-state index contributed by atoms with van der Waals surface area (Å²) in [7, 11) is 0. The van der Waals surface area contributed by atoms with Crippen LogP contribution in [0, 0.1) is 0 Å². The van der Waals surface area contributed by atoms with Gasteiger partial charge in [-0.3, -0.25) is 9.59 Å². The van der Waals surface area contributed by atoms with E-state index in [9.17, 15) is 14.4 Å². The van der Waals surface area contributed by atoms with Crippen molar-refractivity contribution in [3.8, 4) is 0 Å². The molecule has 1 aromatic carbocycles. The van der Waals surface area contributed by atoms with Crippen LogP contribution in [0.15, 0.2) is 29.2 Å². The molecule has 1 aliphatic rings. The molecule has 3 amide bonds. The number of hydrogen-bond acceptors (Lipinski definition) is 6. The summed E-state index contributed by atoms with van der Waals surface area (Å²) in [6.45, 7) is 2.84. The van der Waals surface area contributed by atoms with Crippen molar-refractivity contribution in [2.75, 3.05) is 24.2 Å². The molecule has 10 heteroatoms. The second-order valence-corrected chi connectivity index (χ2v) is 9.61. The molecule has 31 heavy (non-hydrogen) atoms. The average molecular weight is 482 g/mol. The minimum Gasteiger partial charge on any atom is -0.450 e. The van der Waals surface area contributed by atoms with Crippen LogP contribution >= 0.6 is 34.7 Å². The number of anilines is 1. The number of ether oxygens (including phenoxy) is 1. The van der Waals surface area contributed by atoms with E-state index in [1.54, 1.807) is 23.6 Å². The summed E-state index contributed by atoms with van der Waals surface area (Å²) in [6.07, 6.45) is 1.13. The molecule has 3 N–H and O–H groups in total. The van der Waals surface area contributed by atoms with Gasteiger partial charge in [0, 0.05) is 27.8 Å². The maximum Gasteiger partial charge on any atom is 0.410 e. The third kappa shape index (κ3) is 6.15. The van der Waals surface area contributed by atoms with Crippen molar-refractivity contribution in [2.24, 2.45) is 5.73 Å². The van der Waals surface area contributed by atoms with E-state index in [2.05, 4.69) is 5.32 Å². The Balaban J connectivity index is 1.58. The van der Waals surface area contributed by atoms with E-state index in [1.165, 1.54) is 11.3 Å². The van der Waals surface area contributed by atoms with Crippen LogP contribution < -0.4 is 11.1 Å². The molecule has 3 rings (SSSR count). The quantitative estimate of drug-likeness (QED) is 0.426. The predicted octanol–water partition coefficient (Wildman–Crippen LogP) is 4.53. The normalized spacial score (nSPS) is 12.9. The number of thiophene rings is 1. The van der Waals surface area contributed by atoms with Gasteiger partial charge in [-0.05, 0) is 55.3 Å². The predicted molar refractivity (Wildman–Crippen MR) is 124 cm³/mol. The minimum atomic E-state index is -0.573. The molecular weight excluding hydrogens is 458 g/mol. The number of nitrogens with one attached hydrogen (secondary N) is 1. The fraction of sp³-hybridized carbons (Fsp3) is 0.381. The van der Waals surface area contributed by atoms with Crippen LogP contribution in [-0.4, -0.2) is 41.7 Å². The highest BCUT2D eigenvalue weighted by atomic mass is 35.5. The lowest BCUT2D eigenvalue weighted by Crippen LogP contribution is -2.36. The third-order valence-electron chi connectivity index (χ3n) is 4.71. The molecule has 0 unspecified atom stereocenters. The van der Waals surface area contributed by atoms with Crippen LogP contribution in [0.4, 0.5) is 9.80 Å². The van der Waals surface area contributed by atoms with Gasteiger partial charge in [0.25, 0.3) is 5.91 Å². The first-order chi connectivity index (χ1) is 14.9. The van der Waals surface area contributed by atoms with Crippen LogP contribution in [0.1, 0.15) is 40.6 Å². The maximum absolute atomic E-state index is 12.4. The second kappa shape index (κ2) is 10.9. The number of amides is 3. The summed E-state index contributed by atoms with van der Waals surface area (Å²) in [4.78, 5) is 40.1. The molecule has 0 bridgehead atoms. The summed E-state index contributed by atoms with van der Waals surface area (Å²) in [5, 5.41) is 3.99. The van der Waals surface area contributed by atoms with Crippen LogP contribution in [0.25, 0.3) is 0 Å². The van der Waals surface area contributed by atoms with Crippen molar-refractivity contribution in [2.45, 2.75) is 37.6 Å². The van der Waals surface area contributed by atoms with Gasteiger partial charge in [-0.2, -0.15) is 0 Å². The Morgan fingerprint density at radius 1 is 1.29 bits per heavy atom. The van der Waals surface area contributed by atoms with E-state index in [0.29, 0.717) is 54.5 Å². The van der Waals surface area contributed by atoms with E-state index in [0.717, 1.165) is 21.1 Å². The fourth-order valence-electron chi connectivity index (χ4n) is 3.27. The molecule has 1 aliphatic heterocycles. The Bertz CT molecular complexity index is 962. The fourth-order valence-corrected chi connectivity index (χ4v) is 5.53. The number of nitrogens with two attached hydrogens (primary N) is 1. The molecule has 0 spiro atoms. The molecule has 0 aliphatic carbocycles. The number of carbonyl (C=O) groups is 3. The van der Waals surface area contributed by atoms with Gasteiger partial charge in [-0.1, -0.05) is 11.6 Å². The van der Waals surface area contributed by atoms with Crippen LogP contribution in [0.2, 0.25) is 5.02 Å². The summed E-state index contributed by atoms with van der Waals surface area (Å²) < 4.78 is 5.06. The van der Waals surface area contributed by atoms with Crippen LogP contribution in [0.5, 0.6) is 0 Å². The average Bonchev–Trinajstić information content (AvgIpc) is 3.09. The van der Waals surface area contributed by atoms with E-state index in [4.69, 9.17) is 22.1 Å². The Morgan fingerprint density at radius 3 is 2.71 bits per heavy atom. The van der Waals surface area contributed by atoms with E-state index in [-0.39, 0.29) is 12.0 Å². The number of halogens is 1. The number of thioether (sulfide) groups is 1. The van der Waals surface area contributed by atoms with E-state index >= 15 is 0 Å². The number of nitrogens with zero attached hydrogens (tertiary/aromatic N) is 1. The molecule has 0 fully saturated rings. The Hall–Kier alpha value is -2.23. The number of fused-ring (bicyclic) bond motifs is 1. The summed E-state index contributed by atoms with van der Waals surface area (Å²) in [5.74, 6) is 0.0448. The third-order valence-corrected chi connectivity index (χ3v) is 7.20. The highest BCUT2D eigenvalue weighted by Gasteiger charge is 2.29. The van der Waals surface area contributed by atoms with Gasteiger partial charge in [-0.15, -0.1) is 23.1 Å². The molecule has 0 saturated carbocycles. The van der Waals surface area contributed by atoms with Crippen molar-refractivity contribution < 1.29 is 19.1 Å². The van der Waals surface area contributed by atoms with Gasteiger partial charge in [-0.25, -0.2) is 4.79 Å². The first-order valence-corrected chi connectivity index (χ1v) is 12.1. The summed E-state index contributed by atoms with van der Waals surface area (Å²) in [5.41, 5.74) is 6.76. The molecule has 2 heterocycles. The molecular formula is C21H24ClN3O4S2. The minimum absolute atomic E-state index is 0.167. The zero-order valence-electron chi connectivity index (χ0n) is 17.1. The maximum atomic E-state index is 12.4. The molecule has 0 atom stereocenters. The summed E-state index contributed by atoms with van der Waals surface area (Å²) >= 11 is 8.83. The topological polar surface area (TPSA) is 102 Å². The standard InChI is InChI=1S/C21H24ClN3O4S2/c1-2-29-21(28)25-10-9-15-16(12-25)31-20(18(15)19(23)27)24-17(26)4-3-11-30-14-7-5-13(22)6-8-14/h5-8H,2-4,9-12H2,1H3,(H2,23,27)(H,24,26). The van der Waals surface area contributed by atoms with Crippen LogP contribution in [0.3, 0.4) is 0 Å². The van der Waals surface area contributed by atoms with Crippen LogP contribution in [-0.2, 0) is 22.5 Å². The van der Waals surface area contributed by atoms with Gasteiger partial charge in [0.15, 0.2) is 0 Å². The van der Waals surface area contributed by atoms with E-state index < -0.39 is 5.91 Å². The van der Waals surface area contributed by atoms with Crippen molar-refractivity contribution in [3.63, 3.8) is 0 Å². The Morgan fingerprint density at radius 2 is 2.03 bits per heavy atom. The van der Waals surface area contributed by atoms with Gasteiger partial charge in [0.05, 0.1) is 18.7 Å². The van der Waals surface area contributed by atoms with Gasteiger partial charge in [0.2, 0.25) is 5.91 Å². The first-order valence-electron chi connectivity index (χ1n) is 9.93. The highest BCUT2D eigenvalue weighted by molar-refractivity contribution is 7.99. The number of rotatable bonds is 8. The first kappa shape index (κ1) is 23.4. The van der Waals surface area contributed by atoms with Crippen molar-refractivity contribution in [3.05, 3.63) is 45.3 Å². The van der Waals surface area contributed by atoms with E-state index in [1.807, 2.05) is 24.3 Å². The number of carbonyl (C=O) groups excluding carboxylic acids is 3. The largest absolute Gasteiger partial charge is 0.450 e. The molecule has 0 saturated heterocycles. The van der Waals surface area contributed by atoms with Crippen molar-refractivity contribution in [1.82, 2.24) is 4.90 Å². The molecule has 166 valence electrons. The molecule has 2 aromatic rings. The SMILES string of the molecule is CCOC(=O)N1CCc2c(sc(NC(=O)CCCSc3ccc(Cl)cc3)c2C(N)=O)C1. The molecule has 1 aromatic heterocycles. The van der Waals surface area contributed by atoms with Gasteiger partial charge >= 0.3 is 6.09 Å². The Kier molecular flexibility index (Phi) is 8.22. The van der Waals surface area contributed by atoms with Crippen molar-refractivity contribution in [1.29, 1.82) is 0 Å². The lowest BCUT2D eigenvalue weighted by Gasteiger charge is -2.26. The number of hydrogen-bond donors (Lipinski definition) is 2. The van der Waals surface area contributed by atoms with Crippen molar-refractivity contribution >= 4 is 57.6 Å². The zero-order valence-corrected chi connectivity index (χ0v) is 19.5. The monoisotopic (exact) mass is 481 g/mol. The molecule has 0 radical (unpaired) electrons. The van der Waals surface area contributed by atoms with Gasteiger partial charge < -0.3 is 20.7 Å². The van der Waals surface area contributed by atoms with Gasteiger partial charge in [0.1, 0.15) is 5.00 Å².